The van der Waals surface area contributed by atoms with Crippen LogP contribution in [0.3, 0.4) is 0 Å². The molecule has 3 heterocycles. The van der Waals surface area contributed by atoms with Crippen molar-refractivity contribution in [2.24, 2.45) is 0 Å². The Hall–Kier alpha value is -4.43. The zero-order valence-corrected chi connectivity index (χ0v) is 21.6. The Balaban J connectivity index is 1.39. The van der Waals surface area contributed by atoms with E-state index in [9.17, 15) is 9.18 Å². The third-order valence-corrected chi connectivity index (χ3v) is 7.25. The van der Waals surface area contributed by atoms with E-state index >= 15 is 0 Å². The van der Waals surface area contributed by atoms with Crippen LogP contribution in [0.1, 0.15) is 42.9 Å². The molecule has 1 aliphatic rings. The van der Waals surface area contributed by atoms with Gasteiger partial charge in [-0.25, -0.2) is 4.39 Å². The van der Waals surface area contributed by atoms with Crippen LogP contribution >= 0.6 is 11.6 Å². The molecule has 5 aromatic rings. The first-order chi connectivity index (χ1) is 19.0. The molecular weight excluding hydrogens is 515 g/mol. The number of nitrogens with zero attached hydrogens (tertiary/aromatic N) is 5. The predicted molar refractivity (Wildman–Crippen MR) is 148 cm³/mol. The van der Waals surface area contributed by atoms with Crippen molar-refractivity contribution in [3.63, 3.8) is 0 Å². The Kier molecular flexibility index (Phi) is 6.85. The lowest BCUT2D eigenvalue weighted by molar-refractivity contribution is -0.116. The van der Waals surface area contributed by atoms with Crippen LogP contribution < -0.4 is 5.32 Å². The quantitative estimate of drug-likeness (QED) is 0.272. The molecule has 0 fully saturated rings. The first kappa shape index (κ1) is 24.9. The number of anilines is 1. The number of hydrogen-bond acceptors (Lipinski definition) is 5. The van der Waals surface area contributed by atoms with Crippen LogP contribution in [0, 0.1) is 5.82 Å². The predicted octanol–water partition coefficient (Wildman–Crippen LogP) is 6.83. The number of pyridine rings is 1. The minimum Gasteiger partial charge on any atom is -0.326 e. The third-order valence-electron chi connectivity index (χ3n) is 7.01. The van der Waals surface area contributed by atoms with Gasteiger partial charge in [0, 0.05) is 51.6 Å². The van der Waals surface area contributed by atoms with Crippen molar-refractivity contribution >= 4 is 23.2 Å². The summed E-state index contributed by atoms with van der Waals surface area (Å²) >= 11 is 6.33. The molecule has 1 unspecified atom stereocenters. The smallest absolute Gasteiger partial charge is 0.224 e. The maximum atomic E-state index is 14.2. The zero-order valence-electron chi connectivity index (χ0n) is 20.9. The summed E-state index contributed by atoms with van der Waals surface area (Å²) in [7, 11) is 0. The van der Waals surface area contributed by atoms with Crippen molar-refractivity contribution in [3.05, 3.63) is 107 Å². The molecule has 0 spiro atoms. The first-order valence-corrected chi connectivity index (χ1v) is 13.1. The monoisotopic (exact) mass is 538 g/mol. The highest BCUT2D eigenvalue weighted by atomic mass is 35.5. The van der Waals surface area contributed by atoms with Crippen LogP contribution in [0.15, 0.2) is 85.3 Å². The highest BCUT2D eigenvalue weighted by Crippen LogP contribution is 2.36. The molecule has 39 heavy (non-hydrogen) atoms. The molecule has 0 radical (unpaired) electrons. The van der Waals surface area contributed by atoms with Gasteiger partial charge in [0.2, 0.25) is 5.91 Å². The molecule has 3 aromatic carbocycles. The summed E-state index contributed by atoms with van der Waals surface area (Å²) < 4.78 is 15.8. The van der Waals surface area contributed by atoms with Crippen molar-refractivity contribution < 1.29 is 9.18 Å². The number of rotatable bonds is 3. The summed E-state index contributed by atoms with van der Waals surface area (Å²) in [5.74, 6) is -0.410. The van der Waals surface area contributed by atoms with Gasteiger partial charge in [-0.1, -0.05) is 48.4 Å². The molecular formula is C30H24ClFN6O. The molecule has 9 heteroatoms. The van der Waals surface area contributed by atoms with E-state index in [1.54, 1.807) is 16.8 Å². The molecule has 1 aliphatic heterocycles. The van der Waals surface area contributed by atoms with Crippen molar-refractivity contribution in [3.8, 4) is 27.9 Å². The van der Waals surface area contributed by atoms with Gasteiger partial charge >= 0.3 is 0 Å². The Bertz CT molecular complexity index is 1640. The van der Waals surface area contributed by atoms with E-state index < -0.39 is 0 Å². The van der Waals surface area contributed by atoms with Crippen molar-refractivity contribution in [1.29, 1.82) is 0 Å². The number of nitrogens with one attached hydrogen (secondary N) is 1. The Morgan fingerprint density at radius 3 is 2.69 bits per heavy atom. The summed E-state index contributed by atoms with van der Waals surface area (Å²) in [6, 6.07) is 22.1. The van der Waals surface area contributed by atoms with Gasteiger partial charge in [-0.2, -0.15) is 4.68 Å². The van der Waals surface area contributed by atoms with Gasteiger partial charge < -0.3 is 5.32 Å². The normalized spacial score (nSPS) is 15.5. The van der Waals surface area contributed by atoms with Crippen LogP contribution in [0.5, 0.6) is 0 Å². The fourth-order valence-electron chi connectivity index (χ4n) is 5.10. The SMILES string of the molecule is O=C1CCCCC(c2ccc(-c3cc(Cl)ccc3-n3cnnn3)cn2)c2cccc(c2)-c2cc(F)ccc2N1. The van der Waals surface area contributed by atoms with Crippen molar-refractivity contribution in [1.82, 2.24) is 25.2 Å². The number of carbonyl (C=O) groups excluding carboxylic acids is 1. The highest BCUT2D eigenvalue weighted by molar-refractivity contribution is 6.31. The van der Waals surface area contributed by atoms with Gasteiger partial charge in [0.25, 0.3) is 0 Å². The second kappa shape index (κ2) is 10.7. The number of carbonyl (C=O) groups is 1. The van der Waals surface area contributed by atoms with E-state index in [1.165, 1.54) is 18.5 Å². The number of hydrogen-bond donors (Lipinski definition) is 1. The van der Waals surface area contributed by atoms with Crippen LogP contribution in [0.4, 0.5) is 10.1 Å². The summed E-state index contributed by atoms with van der Waals surface area (Å²) in [6.07, 6.45) is 6.21. The molecule has 1 amide bonds. The lowest BCUT2D eigenvalue weighted by atomic mass is 9.87. The van der Waals surface area contributed by atoms with Crippen LogP contribution in [0.2, 0.25) is 5.02 Å². The van der Waals surface area contributed by atoms with Gasteiger partial charge in [0.15, 0.2) is 0 Å². The van der Waals surface area contributed by atoms with E-state index in [0.717, 1.165) is 52.9 Å². The van der Waals surface area contributed by atoms with Gasteiger partial charge in [-0.05, 0) is 76.9 Å². The van der Waals surface area contributed by atoms with Gasteiger partial charge in [0.1, 0.15) is 12.1 Å². The second-order valence-electron chi connectivity index (χ2n) is 9.55. The van der Waals surface area contributed by atoms with E-state index in [-0.39, 0.29) is 17.6 Å². The van der Waals surface area contributed by atoms with E-state index in [1.807, 2.05) is 42.6 Å². The van der Waals surface area contributed by atoms with Gasteiger partial charge in [0.05, 0.1) is 5.69 Å². The third kappa shape index (κ3) is 5.28. The minimum atomic E-state index is -0.351. The Morgan fingerprint density at radius 1 is 0.949 bits per heavy atom. The average molecular weight is 539 g/mol. The van der Waals surface area contributed by atoms with E-state index in [2.05, 4.69) is 33.0 Å². The molecule has 194 valence electrons. The largest absolute Gasteiger partial charge is 0.326 e. The molecule has 0 saturated carbocycles. The Labute approximate surface area is 229 Å². The number of benzene rings is 3. The Morgan fingerprint density at radius 2 is 1.87 bits per heavy atom. The second-order valence-corrected chi connectivity index (χ2v) is 9.99. The van der Waals surface area contributed by atoms with E-state index in [0.29, 0.717) is 22.7 Å². The standard InChI is InChI=1S/C30H24ClFN6O/c31-22-9-13-29(38-18-34-36-37-38)26(15-22)21-8-11-27(33-17-21)24-6-1-2-7-30(39)35-28-12-10-23(32)16-25(28)20-5-3-4-19(24)14-20/h3-5,8-18,24H,1-2,6-7H2,(H,35,39). The van der Waals surface area contributed by atoms with Crippen molar-refractivity contribution in [2.45, 2.75) is 31.6 Å². The topological polar surface area (TPSA) is 85.6 Å². The number of tetrazole rings is 1. The number of halogens is 2. The molecule has 1 N–H and O–H groups in total. The number of fused-ring (bicyclic) bond motifs is 4. The van der Waals surface area contributed by atoms with Crippen LogP contribution in [-0.4, -0.2) is 31.1 Å². The average Bonchev–Trinajstić information content (AvgIpc) is 3.49. The van der Waals surface area contributed by atoms with Gasteiger partial charge in [-0.3, -0.25) is 9.78 Å². The molecule has 0 aliphatic carbocycles. The zero-order chi connectivity index (χ0) is 26.8. The van der Waals surface area contributed by atoms with E-state index in [4.69, 9.17) is 16.6 Å². The molecule has 2 bridgehead atoms. The maximum absolute atomic E-state index is 14.2. The lowest BCUT2D eigenvalue weighted by Crippen LogP contribution is -2.13. The molecule has 1 atom stereocenters. The fraction of sp³-hybridized carbons (Fsp3) is 0.167. The first-order valence-electron chi connectivity index (χ1n) is 12.7. The molecule has 6 rings (SSSR count). The molecule has 2 aromatic heterocycles. The number of aromatic nitrogens is 5. The highest BCUT2D eigenvalue weighted by Gasteiger charge is 2.20. The fourth-order valence-corrected chi connectivity index (χ4v) is 5.27. The van der Waals surface area contributed by atoms with Crippen LogP contribution in [-0.2, 0) is 4.79 Å². The van der Waals surface area contributed by atoms with Crippen LogP contribution in [0.25, 0.3) is 27.9 Å². The maximum Gasteiger partial charge on any atom is 0.224 e. The van der Waals surface area contributed by atoms with Gasteiger partial charge in [-0.15, -0.1) is 5.10 Å². The minimum absolute atomic E-state index is 0.0110. The molecule has 0 saturated heterocycles. The summed E-state index contributed by atoms with van der Waals surface area (Å²) in [4.78, 5) is 17.5. The summed E-state index contributed by atoms with van der Waals surface area (Å²) in [5, 5.41) is 15.1. The summed E-state index contributed by atoms with van der Waals surface area (Å²) in [6.45, 7) is 0. The molecule has 7 nitrogen and oxygen atoms in total. The number of amides is 1. The summed E-state index contributed by atoms with van der Waals surface area (Å²) in [5.41, 5.74) is 6.65. The lowest BCUT2D eigenvalue weighted by Gasteiger charge is -2.20. The van der Waals surface area contributed by atoms with Crippen molar-refractivity contribution in [2.75, 3.05) is 5.32 Å².